The number of hydrogen-bond acceptors (Lipinski definition) is 4. The van der Waals surface area contributed by atoms with E-state index >= 15 is 0 Å². The van der Waals surface area contributed by atoms with Gasteiger partial charge in [-0.3, -0.25) is 4.79 Å². The molecule has 1 aliphatic rings. The highest BCUT2D eigenvalue weighted by atomic mass is 35.5. The average molecular weight is 329 g/mol. The van der Waals surface area contributed by atoms with Gasteiger partial charge >= 0.3 is 0 Å². The number of amides is 1. The third-order valence-electron chi connectivity index (χ3n) is 4.21. The van der Waals surface area contributed by atoms with Crippen molar-refractivity contribution in [1.82, 2.24) is 10.6 Å². The van der Waals surface area contributed by atoms with Gasteiger partial charge in [0.2, 0.25) is 5.91 Å². The van der Waals surface area contributed by atoms with Gasteiger partial charge < -0.3 is 20.1 Å². The van der Waals surface area contributed by atoms with Crippen molar-refractivity contribution in [1.29, 1.82) is 0 Å². The van der Waals surface area contributed by atoms with Gasteiger partial charge in [-0.1, -0.05) is 6.92 Å². The summed E-state index contributed by atoms with van der Waals surface area (Å²) >= 11 is 0. The first-order valence-electron chi connectivity index (χ1n) is 7.39. The molecule has 0 aliphatic carbocycles. The Morgan fingerprint density at radius 2 is 2.14 bits per heavy atom. The van der Waals surface area contributed by atoms with E-state index in [4.69, 9.17) is 9.47 Å². The Morgan fingerprint density at radius 1 is 1.36 bits per heavy atom. The lowest BCUT2D eigenvalue weighted by Gasteiger charge is -2.26. The quantitative estimate of drug-likeness (QED) is 0.841. The van der Waals surface area contributed by atoms with Crippen LogP contribution in [0.4, 0.5) is 0 Å². The van der Waals surface area contributed by atoms with E-state index in [0.717, 1.165) is 42.9 Å². The number of carbonyl (C=O) groups excluding carboxylic acids is 1. The minimum absolute atomic E-state index is 0. The normalized spacial score (nSPS) is 20.1. The Morgan fingerprint density at radius 3 is 2.68 bits per heavy atom. The van der Waals surface area contributed by atoms with E-state index in [1.807, 2.05) is 25.1 Å². The number of rotatable bonds is 6. The fourth-order valence-corrected chi connectivity index (χ4v) is 2.83. The van der Waals surface area contributed by atoms with Gasteiger partial charge in [0.25, 0.3) is 0 Å². The highest BCUT2D eigenvalue weighted by Crippen LogP contribution is 2.26. The molecule has 2 rings (SSSR count). The van der Waals surface area contributed by atoms with Crippen molar-refractivity contribution in [3.05, 3.63) is 23.8 Å². The number of halogens is 1. The van der Waals surface area contributed by atoms with Gasteiger partial charge in [0.15, 0.2) is 0 Å². The van der Waals surface area contributed by atoms with E-state index in [9.17, 15) is 4.79 Å². The lowest BCUT2D eigenvalue weighted by Crippen LogP contribution is -2.52. The van der Waals surface area contributed by atoms with Gasteiger partial charge in [0.05, 0.1) is 19.8 Å². The summed E-state index contributed by atoms with van der Waals surface area (Å²) in [6.07, 6.45) is 2.74. The number of methoxy groups -OCH3 is 2. The van der Waals surface area contributed by atoms with Crippen LogP contribution in [-0.4, -0.2) is 32.2 Å². The molecule has 1 unspecified atom stereocenters. The minimum atomic E-state index is -0.411. The fourth-order valence-electron chi connectivity index (χ4n) is 2.83. The zero-order valence-electron chi connectivity index (χ0n) is 13.4. The van der Waals surface area contributed by atoms with E-state index in [-0.39, 0.29) is 18.3 Å². The molecule has 0 radical (unpaired) electrons. The van der Waals surface area contributed by atoms with Crippen LogP contribution in [0.2, 0.25) is 0 Å². The summed E-state index contributed by atoms with van der Waals surface area (Å²) in [5.41, 5.74) is 0.501. The maximum Gasteiger partial charge on any atom is 0.240 e. The molecule has 0 spiro atoms. The number of benzene rings is 1. The lowest BCUT2D eigenvalue weighted by atomic mass is 9.93. The Hall–Kier alpha value is -1.46. The average Bonchev–Trinajstić information content (AvgIpc) is 3.02. The molecule has 1 aliphatic heterocycles. The molecule has 1 heterocycles. The first-order chi connectivity index (χ1) is 10.1. The van der Waals surface area contributed by atoms with E-state index < -0.39 is 5.54 Å². The Labute approximate surface area is 138 Å². The predicted molar refractivity (Wildman–Crippen MR) is 88.9 cm³/mol. The number of nitrogens with one attached hydrogen (secondary N) is 2. The summed E-state index contributed by atoms with van der Waals surface area (Å²) in [6.45, 7) is 3.39. The van der Waals surface area contributed by atoms with Crippen molar-refractivity contribution in [2.24, 2.45) is 0 Å². The van der Waals surface area contributed by atoms with Crippen LogP contribution in [-0.2, 0) is 11.3 Å². The first-order valence-corrected chi connectivity index (χ1v) is 7.39. The van der Waals surface area contributed by atoms with Gasteiger partial charge in [-0.15, -0.1) is 12.4 Å². The van der Waals surface area contributed by atoms with Crippen LogP contribution in [0.5, 0.6) is 11.5 Å². The van der Waals surface area contributed by atoms with Crippen LogP contribution in [0.3, 0.4) is 0 Å². The van der Waals surface area contributed by atoms with Gasteiger partial charge in [0.1, 0.15) is 11.5 Å². The monoisotopic (exact) mass is 328 g/mol. The number of carbonyl (C=O) groups is 1. The molecule has 1 aromatic carbocycles. The summed E-state index contributed by atoms with van der Waals surface area (Å²) in [6, 6.07) is 5.58. The summed E-state index contributed by atoms with van der Waals surface area (Å²) in [7, 11) is 3.25. The van der Waals surface area contributed by atoms with Gasteiger partial charge in [0, 0.05) is 12.1 Å². The van der Waals surface area contributed by atoms with Crippen LogP contribution >= 0.6 is 12.4 Å². The second kappa shape index (κ2) is 8.25. The Kier molecular flexibility index (Phi) is 6.97. The van der Waals surface area contributed by atoms with E-state index in [1.165, 1.54) is 0 Å². The molecule has 22 heavy (non-hydrogen) atoms. The van der Waals surface area contributed by atoms with Gasteiger partial charge in [-0.2, -0.15) is 0 Å². The summed E-state index contributed by atoms with van der Waals surface area (Å²) in [5.74, 6) is 1.57. The molecule has 0 aromatic heterocycles. The van der Waals surface area contributed by atoms with Crippen molar-refractivity contribution in [3.63, 3.8) is 0 Å². The first kappa shape index (κ1) is 18.6. The molecule has 0 saturated carbocycles. The third-order valence-corrected chi connectivity index (χ3v) is 4.21. The number of ether oxygens (including phenoxy) is 2. The zero-order valence-corrected chi connectivity index (χ0v) is 14.2. The van der Waals surface area contributed by atoms with Crippen LogP contribution in [0.15, 0.2) is 18.2 Å². The molecule has 5 nitrogen and oxygen atoms in total. The molecule has 0 bridgehead atoms. The summed E-state index contributed by atoms with van der Waals surface area (Å²) < 4.78 is 10.6. The van der Waals surface area contributed by atoms with E-state index in [0.29, 0.717) is 6.54 Å². The Balaban J connectivity index is 0.00000242. The van der Waals surface area contributed by atoms with Crippen molar-refractivity contribution < 1.29 is 14.3 Å². The second-order valence-electron chi connectivity index (χ2n) is 5.33. The van der Waals surface area contributed by atoms with Gasteiger partial charge in [-0.25, -0.2) is 0 Å². The minimum Gasteiger partial charge on any atom is -0.497 e. The maximum absolute atomic E-state index is 12.5. The molecular weight excluding hydrogens is 304 g/mol. The molecule has 1 atom stereocenters. The fraction of sp³-hybridized carbons (Fsp3) is 0.562. The molecule has 1 amide bonds. The zero-order chi connectivity index (χ0) is 15.3. The van der Waals surface area contributed by atoms with E-state index in [1.54, 1.807) is 14.2 Å². The van der Waals surface area contributed by atoms with Crippen LogP contribution in [0.25, 0.3) is 0 Å². The van der Waals surface area contributed by atoms with Crippen molar-refractivity contribution >= 4 is 18.3 Å². The van der Waals surface area contributed by atoms with Crippen LogP contribution in [0, 0.1) is 0 Å². The maximum atomic E-state index is 12.5. The standard InChI is InChI=1S/C16H24N2O3.ClH/c1-4-16(8-5-9-18-16)15(19)17-11-12-10-13(20-2)6-7-14(12)21-3;/h6-7,10,18H,4-5,8-9,11H2,1-3H3,(H,17,19);1H. The topological polar surface area (TPSA) is 59.6 Å². The van der Waals surface area contributed by atoms with Crippen molar-refractivity contribution in [2.45, 2.75) is 38.3 Å². The molecule has 1 fully saturated rings. The van der Waals surface area contributed by atoms with E-state index in [2.05, 4.69) is 10.6 Å². The molecule has 1 aromatic rings. The highest BCUT2D eigenvalue weighted by Gasteiger charge is 2.38. The molecule has 2 N–H and O–H groups in total. The van der Waals surface area contributed by atoms with Crippen molar-refractivity contribution in [3.8, 4) is 11.5 Å². The molecule has 124 valence electrons. The predicted octanol–water partition coefficient (Wildman–Crippen LogP) is 2.27. The van der Waals surface area contributed by atoms with Gasteiger partial charge in [-0.05, 0) is 44.0 Å². The smallest absolute Gasteiger partial charge is 0.240 e. The highest BCUT2D eigenvalue weighted by molar-refractivity contribution is 5.86. The summed E-state index contributed by atoms with van der Waals surface area (Å²) in [5, 5.41) is 6.36. The molecule has 1 saturated heterocycles. The van der Waals surface area contributed by atoms with Crippen LogP contribution in [0.1, 0.15) is 31.7 Å². The third kappa shape index (κ3) is 3.84. The number of hydrogen-bond donors (Lipinski definition) is 2. The van der Waals surface area contributed by atoms with Crippen molar-refractivity contribution in [2.75, 3.05) is 20.8 Å². The largest absolute Gasteiger partial charge is 0.497 e. The summed E-state index contributed by atoms with van der Waals surface area (Å²) in [4.78, 5) is 12.5. The van der Waals surface area contributed by atoms with Crippen LogP contribution < -0.4 is 20.1 Å². The SMILES string of the molecule is CCC1(C(=O)NCc2cc(OC)ccc2OC)CCCN1.Cl. The molecule has 6 heteroatoms. The molecular formula is C16H25ClN2O3. The second-order valence-corrected chi connectivity index (χ2v) is 5.33. The lowest BCUT2D eigenvalue weighted by molar-refractivity contribution is -0.127. The Bertz CT molecular complexity index is 502.